The molecule has 0 spiro atoms. The summed E-state index contributed by atoms with van der Waals surface area (Å²) in [6.07, 6.45) is 0. The van der Waals surface area contributed by atoms with Gasteiger partial charge in [-0.2, -0.15) is 0 Å². The highest BCUT2D eigenvalue weighted by Gasteiger charge is 2.20. The van der Waals surface area contributed by atoms with Crippen molar-refractivity contribution in [2.45, 2.75) is 0 Å². The Morgan fingerprint density at radius 2 is 1.43 bits per heavy atom. The summed E-state index contributed by atoms with van der Waals surface area (Å²) in [5, 5.41) is 0. The summed E-state index contributed by atoms with van der Waals surface area (Å²) in [6, 6.07) is 21.6. The topological polar surface area (TPSA) is 19.0 Å². The minimum Gasteiger partial charge on any atom is -0.497 e. The average Bonchev–Trinajstić information content (AvgIpc) is 2.79. The molecule has 0 unspecified atom stereocenters. The SMILES string of the molecule is COc1ccc(N2CCN(c3ccc(F)cc3-c3ccc(N(C)C)cc3)CC2)cc1. The maximum absolute atomic E-state index is 14.1. The molecule has 1 heterocycles. The van der Waals surface area contributed by atoms with E-state index < -0.39 is 0 Å². The summed E-state index contributed by atoms with van der Waals surface area (Å²) in [5.41, 5.74) is 5.40. The first kappa shape index (κ1) is 20.1. The highest BCUT2D eigenvalue weighted by atomic mass is 19.1. The molecule has 0 saturated carbocycles. The molecule has 1 saturated heterocycles. The molecule has 4 nitrogen and oxygen atoms in total. The van der Waals surface area contributed by atoms with Crippen LogP contribution in [0.5, 0.6) is 5.75 Å². The van der Waals surface area contributed by atoms with Crippen LogP contribution in [0.3, 0.4) is 0 Å². The van der Waals surface area contributed by atoms with E-state index in [1.54, 1.807) is 19.2 Å². The summed E-state index contributed by atoms with van der Waals surface area (Å²) >= 11 is 0. The fourth-order valence-electron chi connectivity index (χ4n) is 3.95. The van der Waals surface area contributed by atoms with Crippen molar-refractivity contribution >= 4 is 17.1 Å². The Morgan fingerprint density at radius 1 is 0.800 bits per heavy atom. The number of anilines is 3. The third kappa shape index (κ3) is 4.20. The van der Waals surface area contributed by atoms with Crippen LogP contribution >= 0.6 is 0 Å². The lowest BCUT2D eigenvalue weighted by atomic mass is 10.0. The number of hydrogen-bond acceptors (Lipinski definition) is 4. The molecule has 156 valence electrons. The standard InChI is InChI=1S/C25H28FN3O/c1-27(2)21-7-4-19(5-8-21)24-18-20(26)6-13-25(24)29-16-14-28(15-17-29)22-9-11-23(30-3)12-10-22/h4-13,18H,14-17H2,1-3H3. The quantitative estimate of drug-likeness (QED) is 0.601. The van der Waals surface area contributed by atoms with Gasteiger partial charge in [-0.1, -0.05) is 12.1 Å². The Morgan fingerprint density at radius 3 is 2.03 bits per heavy atom. The Balaban J connectivity index is 1.53. The molecule has 1 fully saturated rings. The van der Waals surface area contributed by atoms with Gasteiger partial charge in [0.1, 0.15) is 11.6 Å². The summed E-state index contributed by atoms with van der Waals surface area (Å²) in [7, 11) is 5.72. The van der Waals surface area contributed by atoms with E-state index in [2.05, 4.69) is 51.1 Å². The van der Waals surface area contributed by atoms with E-state index in [0.29, 0.717) is 0 Å². The monoisotopic (exact) mass is 405 g/mol. The highest BCUT2D eigenvalue weighted by Crippen LogP contribution is 2.34. The van der Waals surface area contributed by atoms with Crippen LogP contribution in [0.15, 0.2) is 66.7 Å². The van der Waals surface area contributed by atoms with E-state index in [-0.39, 0.29) is 5.82 Å². The van der Waals surface area contributed by atoms with Gasteiger partial charge >= 0.3 is 0 Å². The molecule has 1 aliphatic heterocycles. The van der Waals surface area contributed by atoms with Gasteiger partial charge < -0.3 is 19.4 Å². The number of nitrogens with zero attached hydrogens (tertiary/aromatic N) is 3. The van der Waals surface area contributed by atoms with Crippen LogP contribution in [-0.4, -0.2) is 47.4 Å². The Bertz CT molecular complexity index is 978. The normalized spacial score (nSPS) is 14.0. The van der Waals surface area contributed by atoms with Crippen LogP contribution in [0.25, 0.3) is 11.1 Å². The molecule has 0 radical (unpaired) electrons. The van der Waals surface area contributed by atoms with Crippen LogP contribution in [0.1, 0.15) is 0 Å². The predicted molar refractivity (Wildman–Crippen MR) is 124 cm³/mol. The largest absolute Gasteiger partial charge is 0.497 e. The number of benzene rings is 3. The van der Waals surface area contributed by atoms with E-state index in [1.807, 2.05) is 32.3 Å². The fraction of sp³-hybridized carbons (Fsp3) is 0.280. The van der Waals surface area contributed by atoms with Crippen molar-refractivity contribution in [2.24, 2.45) is 0 Å². The van der Waals surface area contributed by atoms with E-state index in [4.69, 9.17) is 4.74 Å². The van der Waals surface area contributed by atoms with Gasteiger partial charge in [0.05, 0.1) is 7.11 Å². The number of halogens is 1. The molecule has 3 aromatic rings. The van der Waals surface area contributed by atoms with Crippen LogP contribution in [0, 0.1) is 5.82 Å². The van der Waals surface area contributed by atoms with E-state index in [0.717, 1.165) is 54.4 Å². The smallest absolute Gasteiger partial charge is 0.123 e. The summed E-state index contributed by atoms with van der Waals surface area (Å²) in [4.78, 5) is 6.80. The van der Waals surface area contributed by atoms with E-state index in [1.165, 1.54) is 5.69 Å². The van der Waals surface area contributed by atoms with Crippen LogP contribution < -0.4 is 19.4 Å². The number of piperazine rings is 1. The average molecular weight is 406 g/mol. The third-order valence-electron chi connectivity index (χ3n) is 5.71. The molecule has 3 aromatic carbocycles. The van der Waals surface area contributed by atoms with Crippen molar-refractivity contribution in [3.8, 4) is 16.9 Å². The van der Waals surface area contributed by atoms with Crippen LogP contribution in [0.4, 0.5) is 21.5 Å². The van der Waals surface area contributed by atoms with Gasteiger partial charge in [0.2, 0.25) is 0 Å². The molecule has 0 N–H and O–H groups in total. The van der Waals surface area contributed by atoms with Gasteiger partial charge in [0, 0.05) is 62.9 Å². The molecule has 4 rings (SSSR count). The van der Waals surface area contributed by atoms with Gasteiger partial charge in [-0.3, -0.25) is 0 Å². The molecule has 0 aliphatic carbocycles. The molecule has 5 heteroatoms. The Hall–Kier alpha value is -3.21. The van der Waals surface area contributed by atoms with Crippen molar-refractivity contribution in [1.82, 2.24) is 0 Å². The van der Waals surface area contributed by atoms with Crippen molar-refractivity contribution in [3.63, 3.8) is 0 Å². The van der Waals surface area contributed by atoms with Gasteiger partial charge in [0.15, 0.2) is 0 Å². The van der Waals surface area contributed by atoms with Crippen LogP contribution in [0.2, 0.25) is 0 Å². The van der Waals surface area contributed by atoms with Crippen LogP contribution in [-0.2, 0) is 0 Å². The molecular formula is C25H28FN3O. The summed E-state index contributed by atoms with van der Waals surface area (Å²) in [6.45, 7) is 3.62. The third-order valence-corrected chi connectivity index (χ3v) is 5.71. The van der Waals surface area contributed by atoms with Gasteiger partial charge in [-0.15, -0.1) is 0 Å². The fourth-order valence-corrected chi connectivity index (χ4v) is 3.95. The number of methoxy groups -OCH3 is 1. The maximum atomic E-state index is 14.1. The van der Waals surface area contributed by atoms with E-state index in [9.17, 15) is 4.39 Å². The zero-order valence-corrected chi connectivity index (χ0v) is 17.8. The lowest BCUT2D eigenvalue weighted by molar-refractivity contribution is 0.415. The molecule has 30 heavy (non-hydrogen) atoms. The second kappa shape index (κ2) is 8.66. The lowest BCUT2D eigenvalue weighted by Gasteiger charge is -2.38. The minimum absolute atomic E-state index is 0.206. The number of rotatable bonds is 5. The summed E-state index contributed by atoms with van der Waals surface area (Å²) < 4.78 is 19.4. The van der Waals surface area contributed by atoms with Gasteiger partial charge in [-0.05, 0) is 60.2 Å². The molecule has 1 aliphatic rings. The molecular weight excluding hydrogens is 377 g/mol. The predicted octanol–water partition coefficient (Wildman–Crippen LogP) is 4.89. The van der Waals surface area contributed by atoms with Crippen molar-refractivity contribution < 1.29 is 9.13 Å². The zero-order chi connectivity index (χ0) is 21.1. The first-order valence-electron chi connectivity index (χ1n) is 10.3. The zero-order valence-electron chi connectivity index (χ0n) is 17.8. The molecule has 0 amide bonds. The highest BCUT2D eigenvalue weighted by molar-refractivity contribution is 5.80. The molecule has 0 bridgehead atoms. The Labute approximate surface area is 178 Å². The van der Waals surface area contributed by atoms with Crippen molar-refractivity contribution in [1.29, 1.82) is 0 Å². The second-order valence-electron chi connectivity index (χ2n) is 7.77. The minimum atomic E-state index is -0.206. The van der Waals surface area contributed by atoms with Gasteiger partial charge in [-0.25, -0.2) is 4.39 Å². The number of hydrogen-bond donors (Lipinski definition) is 0. The van der Waals surface area contributed by atoms with Gasteiger partial charge in [0.25, 0.3) is 0 Å². The van der Waals surface area contributed by atoms with E-state index >= 15 is 0 Å². The van der Waals surface area contributed by atoms with Crippen molar-refractivity contribution in [2.75, 3.05) is 62.1 Å². The second-order valence-corrected chi connectivity index (χ2v) is 7.77. The lowest BCUT2D eigenvalue weighted by Crippen LogP contribution is -2.46. The first-order chi connectivity index (χ1) is 14.5. The first-order valence-corrected chi connectivity index (χ1v) is 10.3. The maximum Gasteiger partial charge on any atom is 0.123 e. The molecule has 0 atom stereocenters. The summed E-state index contributed by atoms with van der Waals surface area (Å²) in [5.74, 6) is 0.663. The Kier molecular flexibility index (Phi) is 5.79. The molecule has 0 aromatic heterocycles. The van der Waals surface area contributed by atoms with Crippen molar-refractivity contribution in [3.05, 3.63) is 72.5 Å². The number of ether oxygens (including phenoxy) is 1.